The number of fused-ring (bicyclic) bond motifs is 3. The van der Waals surface area contributed by atoms with E-state index in [2.05, 4.69) is 6.07 Å². The number of rotatable bonds is 2. The lowest BCUT2D eigenvalue weighted by Gasteiger charge is -2.11. The van der Waals surface area contributed by atoms with Crippen molar-refractivity contribution in [2.24, 2.45) is 7.05 Å². The van der Waals surface area contributed by atoms with E-state index in [0.29, 0.717) is 22.3 Å². The fraction of sp³-hybridized carbons (Fsp3) is 0.280. The predicted octanol–water partition coefficient (Wildman–Crippen LogP) is 6.00. The zero-order valence-electron chi connectivity index (χ0n) is 20.8. The van der Waals surface area contributed by atoms with Gasteiger partial charge in [0.15, 0.2) is 5.69 Å². The molecule has 4 aromatic rings. The highest BCUT2D eigenvalue weighted by molar-refractivity contribution is 6.12. The maximum Gasteiger partial charge on any atom is 0.216 e. The molecule has 0 N–H and O–H groups in total. The minimum absolute atomic E-state index is 0.421. The van der Waals surface area contributed by atoms with Crippen molar-refractivity contribution in [2.45, 2.75) is 40.4 Å². The summed E-state index contributed by atoms with van der Waals surface area (Å²) in [6.45, 7) is 4.77. The lowest BCUT2D eigenvalue weighted by Crippen LogP contribution is -2.35. The van der Waals surface area contributed by atoms with Gasteiger partial charge >= 0.3 is 0 Å². The van der Waals surface area contributed by atoms with Gasteiger partial charge in [-0.1, -0.05) is 32.0 Å². The Morgan fingerprint density at radius 3 is 2.57 bits per heavy atom. The molecule has 3 heteroatoms. The van der Waals surface area contributed by atoms with Crippen LogP contribution in [0.2, 0.25) is 0 Å². The molecule has 1 unspecified atom stereocenters. The molecule has 0 saturated carbocycles. The molecule has 1 atom stereocenters. The number of aromatic nitrogens is 1. The van der Waals surface area contributed by atoms with E-state index in [0.717, 1.165) is 38.9 Å². The van der Waals surface area contributed by atoms with E-state index in [4.69, 9.17) is 9.90 Å². The third-order valence-corrected chi connectivity index (χ3v) is 5.55. The molecular formula is C25H25N2O+. The molecule has 2 heterocycles. The van der Waals surface area contributed by atoms with Crippen LogP contribution in [0.3, 0.4) is 0 Å². The zero-order valence-corrected chi connectivity index (χ0v) is 16.8. The van der Waals surface area contributed by atoms with E-state index in [1.165, 1.54) is 6.92 Å². The van der Waals surface area contributed by atoms with Crippen LogP contribution in [0.5, 0.6) is 0 Å². The highest BCUT2D eigenvalue weighted by atomic mass is 16.3. The van der Waals surface area contributed by atoms with Gasteiger partial charge in [-0.05, 0) is 42.5 Å². The van der Waals surface area contributed by atoms with Crippen LogP contribution in [0.4, 0.5) is 0 Å². The van der Waals surface area contributed by atoms with Crippen molar-refractivity contribution in [3.8, 4) is 17.3 Å². The third-order valence-electron chi connectivity index (χ3n) is 5.55. The molecule has 4 rings (SSSR count). The molecule has 0 radical (unpaired) electrons. The standard InChI is InChI=1S/C25H25N2O/c1-14(2)19-11-17(5)27(6)21(12-19)22-15(3)8-10-20-23-18(13-26)9-7-16(4)24(23)28-25(20)22/h7-12,14H,1-6H3/q+1/i1D3,14D. The van der Waals surface area contributed by atoms with E-state index >= 15 is 0 Å². The maximum absolute atomic E-state index is 9.66. The first-order valence-corrected chi connectivity index (χ1v) is 9.25. The van der Waals surface area contributed by atoms with Gasteiger partial charge in [-0.3, -0.25) is 0 Å². The Labute approximate surface area is 171 Å². The van der Waals surface area contributed by atoms with E-state index in [1.807, 2.05) is 50.6 Å². The average molecular weight is 374 g/mol. The molecule has 0 spiro atoms. The molecule has 0 bridgehead atoms. The van der Waals surface area contributed by atoms with Gasteiger partial charge in [0.1, 0.15) is 18.2 Å². The molecule has 0 fully saturated rings. The Balaban J connectivity index is 2.13. The summed E-state index contributed by atoms with van der Waals surface area (Å²) >= 11 is 0. The molecule has 140 valence electrons. The monoisotopic (exact) mass is 373 g/mol. The van der Waals surface area contributed by atoms with Crippen molar-refractivity contribution in [3.63, 3.8) is 0 Å². The second kappa shape index (κ2) is 6.49. The van der Waals surface area contributed by atoms with Crippen LogP contribution in [0, 0.1) is 32.1 Å². The molecular weight excluding hydrogens is 344 g/mol. The van der Waals surface area contributed by atoms with Crippen molar-refractivity contribution in [2.75, 3.05) is 0 Å². The Kier molecular flexibility index (Phi) is 3.24. The van der Waals surface area contributed by atoms with Crippen LogP contribution >= 0.6 is 0 Å². The number of aryl methyl sites for hydroxylation is 3. The molecule has 0 saturated heterocycles. The summed E-state index contributed by atoms with van der Waals surface area (Å²) in [7, 11) is 1.91. The topological polar surface area (TPSA) is 40.8 Å². The number of pyridine rings is 1. The van der Waals surface area contributed by atoms with E-state index < -0.39 is 12.7 Å². The molecule has 2 aromatic heterocycles. The maximum atomic E-state index is 9.66. The zero-order chi connectivity index (χ0) is 23.6. The molecule has 3 nitrogen and oxygen atoms in total. The van der Waals surface area contributed by atoms with Gasteiger partial charge in [-0.2, -0.15) is 9.83 Å². The van der Waals surface area contributed by atoms with Gasteiger partial charge in [0, 0.05) is 35.3 Å². The van der Waals surface area contributed by atoms with E-state index in [9.17, 15) is 5.26 Å². The Hall–Kier alpha value is -3.12. The summed E-state index contributed by atoms with van der Waals surface area (Å²) in [6.07, 6.45) is 0. The summed E-state index contributed by atoms with van der Waals surface area (Å²) in [5.74, 6) is -1.76. The predicted molar refractivity (Wildman–Crippen MR) is 113 cm³/mol. The van der Waals surface area contributed by atoms with Crippen LogP contribution < -0.4 is 4.57 Å². The second-order valence-electron chi connectivity index (χ2n) is 7.44. The summed E-state index contributed by atoms with van der Waals surface area (Å²) in [5, 5.41) is 11.3. The van der Waals surface area contributed by atoms with Crippen molar-refractivity contribution < 1.29 is 14.5 Å². The lowest BCUT2D eigenvalue weighted by atomic mass is 9.95. The van der Waals surface area contributed by atoms with Crippen molar-refractivity contribution in [3.05, 3.63) is 64.3 Å². The van der Waals surface area contributed by atoms with Gasteiger partial charge in [0.05, 0.1) is 17.2 Å². The second-order valence-corrected chi connectivity index (χ2v) is 7.44. The van der Waals surface area contributed by atoms with Crippen molar-refractivity contribution >= 4 is 21.9 Å². The Morgan fingerprint density at radius 2 is 1.86 bits per heavy atom. The van der Waals surface area contributed by atoms with Crippen LogP contribution in [0.1, 0.15) is 53.1 Å². The Morgan fingerprint density at radius 1 is 1.11 bits per heavy atom. The summed E-state index contributed by atoms with van der Waals surface area (Å²) in [4.78, 5) is 0. The van der Waals surface area contributed by atoms with Crippen LogP contribution in [0.15, 0.2) is 40.8 Å². The SMILES string of the molecule is [2H]C([2H])([2H])C([2H])(C)c1cc(C)[n+](C)c(-c2c(C)ccc3c2oc2c(C)ccc(C#N)c23)c1. The fourth-order valence-electron chi connectivity index (χ4n) is 3.84. The number of benzene rings is 2. The fourth-order valence-corrected chi connectivity index (χ4v) is 3.84. The smallest absolute Gasteiger partial charge is 0.216 e. The van der Waals surface area contributed by atoms with Crippen molar-refractivity contribution in [1.82, 2.24) is 0 Å². The van der Waals surface area contributed by atoms with Gasteiger partial charge in [0.25, 0.3) is 0 Å². The summed E-state index contributed by atoms with van der Waals surface area (Å²) < 4.78 is 40.6. The first-order valence-electron chi connectivity index (χ1n) is 11.3. The number of furan rings is 1. The normalized spacial score (nSPS) is 16.1. The minimum atomic E-state index is -2.48. The van der Waals surface area contributed by atoms with Crippen molar-refractivity contribution in [1.29, 1.82) is 5.26 Å². The number of hydrogen-bond donors (Lipinski definition) is 0. The summed E-state index contributed by atoms with van der Waals surface area (Å²) in [5.41, 5.74) is 6.63. The third kappa shape index (κ3) is 2.60. The highest BCUT2D eigenvalue weighted by Gasteiger charge is 2.24. The van der Waals surface area contributed by atoms with E-state index in [-0.39, 0.29) is 0 Å². The van der Waals surface area contributed by atoms with Gasteiger partial charge < -0.3 is 4.42 Å². The molecule has 28 heavy (non-hydrogen) atoms. The van der Waals surface area contributed by atoms with Gasteiger partial charge in [-0.25, -0.2) is 0 Å². The number of hydrogen-bond acceptors (Lipinski definition) is 2. The van der Waals surface area contributed by atoms with Crippen LogP contribution in [-0.2, 0) is 7.05 Å². The molecule has 0 aliphatic rings. The van der Waals surface area contributed by atoms with Gasteiger partial charge in [-0.15, -0.1) is 0 Å². The molecule has 0 amide bonds. The number of nitrogens with zero attached hydrogens (tertiary/aromatic N) is 2. The Bertz CT molecular complexity index is 1440. The van der Waals surface area contributed by atoms with E-state index in [1.54, 1.807) is 18.2 Å². The summed E-state index contributed by atoms with van der Waals surface area (Å²) in [6, 6.07) is 13.4. The molecule has 2 aromatic carbocycles. The first-order chi connectivity index (χ1) is 14.9. The number of nitriles is 1. The average Bonchev–Trinajstić information content (AvgIpc) is 3.10. The molecule has 0 aliphatic heterocycles. The van der Waals surface area contributed by atoms with Crippen LogP contribution in [0.25, 0.3) is 33.2 Å². The van der Waals surface area contributed by atoms with Gasteiger partial charge in [0.2, 0.25) is 5.69 Å². The molecule has 0 aliphatic carbocycles. The highest BCUT2D eigenvalue weighted by Crippen LogP contribution is 2.39. The van der Waals surface area contributed by atoms with Crippen LogP contribution in [-0.4, -0.2) is 0 Å². The lowest BCUT2D eigenvalue weighted by molar-refractivity contribution is -0.666. The quantitative estimate of drug-likeness (QED) is 0.404. The largest absolute Gasteiger partial charge is 0.455 e. The minimum Gasteiger partial charge on any atom is -0.455 e. The first kappa shape index (κ1) is 14.0.